The van der Waals surface area contributed by atoms with Crippen LogP contribution in [0.4, 0.5) is 0 Å². The van der Waals surface area contributed by atoms with Gasteiger partial charge >= 0.3 is 0 Å². The average molecular weight is 324 g/mol. The lowest BCUT2D eigenvalue weighted by Crippen LogP contribution is -2.39. The fraction of sp³-hybridized carbons (Fsp3) is 0.300. The summed E-state index contributed by atoms with van der Waals surface area (Å²) in [5, 5.41) is 2.97. The summed E-state index contributed by atoms with van der Waals surface area (Å²) in [6.45, 7) is 4.26. The molecule has 2 rings (SSSR count). The summed E-state index contributed by atoms with van der Waals surface area (Å²) < 4.78 is 0. The minimum atomic E-state index is -0.595. The second kappa shape index (κ2) is 7.30. The van der Waals surface area contributed by atoms with E-state index < -0.39 is 5.41 Å². The quantitative estimate of drug-likeness (QED) is 0.919. The number of nitrogens with zero attached hydrogens (tertiary/aromatic N) is 1. The van der Waals surface area contributed by atoms with Crippen molar-refractivity contribution in [1.29, 1.82) is 0 Å². The molecule has 1 N–H and O–H groups in total. The highest BCUT2D eigenvalue weighted by Crippen LogP contribution is 2.23. The number of hydrogen-bond donors (Lipinski definition) is 1. The minimum absolute atomic E-state index is 0.0258. The van der Waals surface area contributed by atoms with E-state index in [-0.39, 0.29) is 11.8 Å². The van der Waals surface area contributed by atoms with Crippen molar-refractivity contribution in [3.8, 4) is 0 Å². The van der Waals surface area contributed by atoms with Crippen molar-refractivity contribution in [2.75, 3.05) is 14.1 Å². The molecule has 0 fully saturated rings. The fourth-order valence-electron chi connectivity index (χ4n) is 2.41. The Balaban J connectivity index is 2.00. The first kappa shape index (κ1) is 17.7. The normalized spacial score (nSPS) is 11.0. The Bertz CT molecular complexity index is 704. The van der Waals surface area contributed by atoms with Crippen molar-refractivity contribution in [2.24, 2.45) is 0 Å². The molecule has 0 unspecified atom stereocenters. The first-order valence-electron chi connectivity index (χ1n) is 7.97. The van der Waals surface area contributed by atoms with E-state index >= 15 is 0 Å². The van der Waals surface area contributed by atoms with E-state index in [9.17, 15) is 9.59 Å². The van der Waals surface area contributed by atoms with Gasteiger partial charge in [-0.15, -0.1) is 0 Å². The van der Waals surface area contributed by atoms with Crippen molar-refractivity contribution in [3.05, 3.63) is 71.3 Å². The molecule has 0 aliphatic carbocycles. The molecule has 4 nitrogen and oxygen atoms in total. The number of rotatable bonds is 5. The summed E-state index contributed by atoms with van der Waals surface area (Å²) >= 11 is 0. The Morgan fingerprint density at radius 2 is 1.54 bits per heavy atom. The van der Waals surface area contributed by atoms with E-state index in [0.29, 0.717) is 12.1 Å². The minimum Gasteiger partial charge on any atom is -0.351 e. The fourth-order valence-corrected chi connectivity index (χ4v) is 2.41. The maximum Gasteiger partial charge on any atom is 0.253 e. The van der Waals surface area contributed by atoms with Crippen molar-refractivity contribution in [3.63, 3.8) is 0 Å². The van der Waals surface area contributed by atoms with Crippen LogP contribution in [0.25, 0.3) is 0 Å². The Morgan fingerprint density at radius 1 is 0.958 bits per heavy atom. The van der Waals surface area contributed by atoms with Crippen LogP contribution in [-0.2, 0) is 16.8 Å². The van der Waals surface area contributed by atoms with Crippen LogP contribution in [0.1, 0.15) is 35.3 Å². The zero-order valence-corrected chi connectivity index (χ0v) is 14.7. The van der Waals surface area contributed by atoms with Gasteiger partial charge in [0.25, 0.3) is 5.91 Å². The largest absolute Gasteiger partial charge is 0.351 e. The zero-order valence-electron chi connectivity index (χ0n) is 14.7. The number of amides is 2. The van der Waals surface area contributed by atoms with Gasteiger partial charge in [-0.05, 0) is 37.1 Å². The third-order valence-electron chi connectivity index (χ3n) is 4.12. The van der Waals surface area contributed by atoms with Crippen molar-refractivity contribution in [2.45, 2.75) is 25.8 Å². The van der Waals surface area contributed by atoms with Gasteiger partial charge in [0.1, 0.15) is 0 Å². The lowest BCUT2D eigenvalue weighted by atomic mass is 9.84. The highest BCUT2D eigenvalue weighted by molar-refractivity contribution is 5.93. The molecule has 4 heteroatoms. The van der Waals surface area contributed by atoms with Crippen LogP contribution >= 0.6 is 0 Å². The molecule has 24 heavy (non-hydrogen) atoms. The lowest BCUT2D eigenvalue weighted by Gasteiger charge is -2.24. The van der Waals surface area contributed by atoms with Crippen LogP contribution in [0.2, 0.25) is 0 Å². The maximum atomic E-state index is 12.5. The van der Waals surface area contributed by atoms with Crippen molar-refractivity contribution in [1.82, 2.24) is 10.2 Å². The predicted molar refractivity (Wildman–Crippen MR) is 95.8 cm³/mol. The number of carbonyl (C=O) groups excluding carboxylic acids is 2. The third-order valence-corrected chi connectivity index (χ3v) is 4.12. The standard InChI is InChI=1S/C20H24N2O2/c1-20(2,17-8-6-5-7-9-17)19(24)21-14-15-10-12-16(13-11-15)18(23)22(3)4/h5-13H,14H2,1-4H3,(H,21,24). The van der Waals surface area contributed by atoms with Crippen LogP contribution in [0.5, 0.6) is 0 Å². The zero-order chi connectivity index (χ0) is 17.7. The number of carbonyl (C=O) groups is 2. The van der Waals surface area contributed by atoms with Gasteiger partial charge in [0.05, 0.1) is 5.41 Å². The summed E-state index contributed by atoms with van der Waals surface area (Å²) in [7, 11) is 3.45. The lowest BCUT2D eigenvalue weighted by molar-refractivity contribution is -0.125. The Hall–Kier alpha value is -2.62. The number of hydrogen-bond acceptors (Lipinski definition) is 2. The molecule has 2 aromatic rings. The van der Waals surface area contributed by atoms with E-state index in [1.54, 1.807) is 31.1 Å². The first-order valence-corrected chi connectivity index (χ1v) is 7.97. The van der Waals surface area contributed by atoms with Crippen LogP contribution in [0, 0.1) is 0 Å². The van der Waals surface area contributed by atoms with E-state index in [1.165, 1.54) is 0 Å². The average Bonchev–Trinajstić information content (AvgIpc) is 2.60. The highest BCUT2D eigenvalue weighted by Gasteiger charge is 2.29. The second-order valence-corrected chi connectivity index (χ2v) is 6.57. The molecule has 0 heterocycles. The van der Waals surface area contributed by atoms with E-state index in [4.69, 9.17) is 0 Å². The van der Waals surface area contributed by atoms with Gasteiger partial charge < -0.3 is 10.2 Å². The molecule has 0 spiro atoms. The van der Waals surface area contributed by atoms with Crippen molar-refractivity contribution >= 4 is 11.8 Å². The van der Waals surface area contributed by atoms with Crippen LogP contribution in [-0.4, -0.2) is 30.8 Å². The molecular formula is C20H24N2O2. The third kappa shape index (κ3) is 4.02. The summed E-state index contributed by atoms with van der Waals surface area (Å²) in [5.74, 6) is -0.0575. The van der Waals surface area contributed by atoms with Crippen molar-refractivity contribution < 1.29 is 9.59 Å². The molecule has 0 bridgehead atoms. The second-order valence-electron chi connectivity index (χ2n) is 6.57. The van der Waals surface area contributed by atoms with E-state index in [1.807, 2.05) is 56.3 Å². The van der Waals surface area contributed by atoms with Gasteiger partial charge in [-0.3, -0.25) is 9.59 Å². The smallest absolute Gasteiger partial charge is 0.253 e. The first-order chi connectivity index (χ1) is 11.3. The van der Waals surface area contributed by atoms with Crippen LogP contribution in [0.15, 0.2) is 54.6 Å². The maximum absolute atomic E-state index is 12.5. The summed E-state index contributed by atoms with van der Waals surface area (Å²) in [4.78, 5) is 25.9. The number of benzene rings is 2. The summed E-state index contributed by atoms with van der Waals surface area (Å²) in [6.07, 6.45) is 0. The molecule has 0 radical (unpaired) electrons. The van der Waals surface area contributed by atoms with Gasteiger partial charge in [0.15, 0.2) is 0 Å². The van der Waals surface area contributed by atoms with Gasteiger partial charge in [0.2, 0.25) is 5.91 Å². The molecule has 0 saturated carbocycles. The monoisotopic (exact) mass is 324 g/mol. The van der Waals surface area contributed by atoms with Crippen LogP contribution < -0.4 is 5.32 Å². The van der Waals surface area contributed by atoms with Gasteiger partial charge in [-0.2, -0.15) is 0 Å². The van der Waals surface area contributed by atoms with Gasteiger partial charge in [-0.1, -0.05) is 42.5 Å². The topological polar surface area (TPSA) is 49.4 Å². The Morgan fingerprint density at radius 3 is 2.08 bits per heavy atom. The van der Waals surface area contributed by atoms with Crippen LogP contribution in [0.3, 0.4) is 0 Å². The SMILES string of the molecule is CN(C)C(=O)c1ccc(CNC(=O)C(C)(C)c2ccccc2)cc1. The Kier molecular flexibility index (Phi) is 5.39. The molecule has 2 aromatic carbocycles. The van der Waals surface area contributed by atoms with Gasteiger partial charge in [-0.25, -0.2) is 0 Å². The van der Waals surface area contributed by atoms with E-state index in [0.717, 1.165) is 11.1 Å². The molecule has 126 valence electrons. The summed E-state index contributed by atoms with van der Waals surface area (Å²) in [5.41, 5.74) is 1.99. The molecule has 0 aliphatic heterocycles. The predicted octanol–water partition coefficient (Wildman–Crippen LogP) is 2.98. The Labute approximate surface area is 143 Å². The molecule has 0 saturated heterocycles. The van der Waals surface area contributed by atoms with E-state index in [2.05, 4.69) is 5.32 Å². The van der Waals surface area contributed by atoms with Gasteiger partial charge in [0, 0.05) is 26.2 Å². The molecule has 2 amide bonds. The molecule has 0 atom stereocenters. The summed E-state index contributed by atoms with van der Waals surface area (Å²) in [6, 6.07) is 17.0. The number of nitrogens with one attached hydrogen (secondary N) is 1. The molecule has 0 aromatic heterocycles. The molecular weight excluding hydrogens is 300 g/mol. The highest BCUT2D eigenvalue weighted by atomic mass is 16.2. The molecule has 0 aliphatic rings.